The maximum absolute atomic E-state index is 12.5. The number of anilines is 1. The average Bonchev–Trinajstić information content (AvgIpc) is 2.76. The largest absolute Gasteiger partial charge is 0.397 e. The zero-order valence-corrected chi connectivity index (χ0v) is 12.9. The van der Waals surface area contributed by atoms with Crippen LogP contribution in [0.4, 0.5) is 5.69 Å². The Labute approximate surface area is 121 Å². The van der Waals surface area contributed by atoms with Crippen molar-refractivity contribution in [3.63, 3.8) is 0 Å². The molecule has 0 aromatic carbocycles. The van der Waals surface area contributed by atoms with Gasteiger partial charge in [-0.05, 0) is 46.6 Å². The fourth-order valence-electron chi connectivity index (χ4n) is 2.93. The number of aromatic nitrogens is 1. The Bertz CT molecular complexity index is 470. The van der Waals surface area contributed by atoms with Gasteiger partial charge in [0.05, 0.1) is 5.69 Å². The first-order valence-corrected chi connectivity index (χ1v) is 7.46. The third kappa shape index (κ3) is 2.98. The Balaban J connectivity index is 2.15. The summed E-state index contributed by atoms with van der Waals surface area (Å²) in [4.78, 5) is 12.5. The van der Waals surface area contributed by atoms with Crippen LogP contribution in [0.3, 0.4) is 0 Å². The van der Waals surface area contributed by atoms with Gasteiger partial charge in [0.1, 0.15) is 5.69 Å². The van der Waals surface area contributed by atoms with Crippen LogP contribution in [0.5, 0.6) is 0 Å². The molecule has 2 atom stereocenters. The van der Waals surface area contributed by atoms with Crippen molar-refractivity contribution in [3.05, 3.63) is 18.0 Å². The third-order valence-electron chi connectivity index (χ3n) is 4.08. The van der Waals surface area contributed by atoms with Crippen molar-refractivity contribution in [1.29, 1.82) is 0 Å². The molecule has 0 aliphatic carbocycles. The Morgan fingerprint density at radius 2 is 1.95 bits per heavy atom. The molecule has 5 nitrogen and oxygen atoms in total. The van der Waals surface area contributed by atoms with Crippen LogP contribution in [0.25, 0.3) is 0 Å². The lowest BCUT2D eigenvalue weighted by Gasteiger charge is -2.38. The standard InChI is InChI=1S/C15H26N4O/c1-10(2)18-9-13(16)8-14(18)15(20)17-19-11(3)6-5-7-12(19)4/h8-12H,5-7,16H2,1-4H3,(H,17,20). The number of carbonyl (C=O) groups excluding carboxylic acids is 1. The summed E-state index contributed by atoms with van der Waals surface area (Å²) in [6.07, 6.45) is 5.29. The Kier molecular flexibility index (Phi) is 4.38. The topological polar surface area (TPSA) is 63.3 Å². The molecule has 0 radical (unpaired) electrons. The summed E-state index contributed by atoms with van der Waals surface area (Å²) in [6.45, 7) is 8.41. The number of nitrogens with zero attached hydrogens (tertiary/aromatic N) is 2. The van der Waals surface area contributed by atoms with Crippen molar-refractivity contribution in [2.45, 2.75) is 65.1 Å². The van der Waals surface area contributed by atoms with Crippen molar-refractivity contribution in [2.75, 3.05) is 5.73 Å². The lowest BCUT2D eigenvalue weighted by molar-refractivity contribution is 0.0362. The quantitative estimate of drug-likeness (QED) is 0.893. The Morgan fingerprint density at radius 1 is 1.35 bits per heavy atom. The summed E-state index contributed by atoms with van der Waals surface area (Å²) in [5, 5.41) is 2.08. The SMILES string of the molecule is CC1CCCC(C)N1NC(=O)c1cc(N)cn1C(C)C. The highest BCUT2D eigenvalue weighted by atomic mass is 16.2. The lowest BCUT2D eigenvalue weighted by atomic mass is 10.00. The van der Waals surface area contributed by atoms with E-state index in [2.05, 4.69) is 24.3 Å². The molecular weight excluding hydrogens is 252 g/mol. The molecule has 1 aromatic rings. The molecule has 1 aliphatic rings. The molecule has 1 saturated heterocycles. The van der Waals surface area contributed by atoms with Gasteiger partial charge in [-0.2, -0.15) is 0 Å². The number of rotatable bonds is 3. The fraction of sp³-hybridized carbons (Fsp3) is 0.667. The summed E-state index contributed by atoms with van der Waals surface area (Å²) in [5.74, 6) is -0.0731. The molecule has 1 fully saturated rings. The van der Waals surface area contributed by atoms with E-state index < -0.39 is 0 Å². The van der Waals surface area contributed by atoms with Crippen molar-refractivity contribution in [3.8, 4) is 0 Å². The number of nitrogens with one attached hydrogen (secondary N) is 1. The first-order chi connectivity index (χ1) is 9.40. The minimum absolute atomic E-state index is 0.0731. The van der Waals surface area contributed by atoms with E-state index >= 15 is 0 Å². The summed E-state index contributed by atoms with van der Waals surface area (Å²) in [5.41, 5.74) is 10.1. The van der Waals surface area contributed by atoms with Crippen molar-refractivity contribution < 1.29 is 4.79 Å². The van der Waals surface area contributed by atoms with Gasteiger partial charge in [-0.25, -0.2) is 5.01 Å². The second kappa shape index (κ2) is 5.87. The molecule has 0 saturated carbocycles. The highest BCUT2D eigenvalue weighted by molar-refractivity contribution is 5.93. The van der Waals surface area contributed by atoms with Gasteiger partial charge in [-0.3, -0.25) is 10.2 Å². The summed E-state index contributed by atoms with van der Waals surface area (Å²) in [7, 11) is 0. The van der Waals surface area contributed by atoms with E-state index in [9.17, 15) is 4.79 Å². The number of amides is 1. The number of hydrazine groups is 1. The van der Waals surface area contributed by atoms with Gasteiger partial charge in [-0.15, -0.1) is 0 Å². The van der Waals surface area contributed by atoms with Gasteiger partial charge in [0.25, 0.3) is 5.91 Å². The predicted octanol–water partition coefficient (Wildman–Crippen LogP) is 2.56. The van der Waals surface area contributed by atoms with Gasteiger partial charge in [0, 0.05) is 24.3 Å². The Hall–Kier alpha value is -1.49. The zero-order chi connectivity index (χ0) is 14.9. The maximum Gasteiger partial charge on any atom is 0.282 e. The van der Waals surface area contributed by atoms with E-state index in [0.29, 0.717) is 23.5 Å². The van der Waals surface area contributed by atoms with Crippen molar-refractivity contribution >= 4 is 11.6 Å². The van der Waals surface area contributed by atoms with Crippen molar-refractivity contribution in [2.24, 2.45) is 0 Å². The number of carbonyl (C=O) groups is 1. The lowest BCUT2D eigenvalue weighted by Crippen LogP contribution is -2.54. The van der Waals surface area contributed by atoms with Crippen LogP contribution >= 0.6 is 0 Å². The molecular formula is C15H26N4O. The van der Waals surface area contributed by atoms with Gasteiger partial charge >= 0.3 is 0 Å². The molecule has 2 unspecified atom stereocenters. The molecule has 3 N–H and O–H groups in total. The number of nitrogen functional groups attached to an aromatic ring is 1. The van der Waals surface area contributed by atoms with Crippen molar-refractivity contribution in [1.82, 2.24) is 15.0 Å². The molecule has 0 spiro atoms. The molecule has 2 heterocycles. The fourth-order valence-corrected chi connectivity index (χ4v) is 2.93. The van der Waals surface area contributed by atoms with E-state index in [4.69, 9.17) is 5.73 Å². The smallest absolute Gasteiger partial charge is 0.282 e. The third-order valence-corrected chi connectivity index (χ3v) is 4.08. The first kappa shape index (κ1) is 14.9. The van der Waals surface area contributed by atoms with Gasteiger partial charge in [0.2, 0.25) is 0 Å². The molecule has 0 bridgehead atoms. The molecule has 112 valence electrons. The summed E-state index contributed by atoms with van der Waals surface area (Å²) < 4.78 is 1.92. The minimum atomic E-state index is -0.0731. The van der Waals surface area contributed by atoms with E-state index in [0.717, 1.165) is 12.8 Å². The Morgan fingerprint density at radius 3 is 2.50 bits per heavy atom. The van der Waals surface area contributed by atoms with E-state index in [1.165, 1.54) is 6.42 Å². The van der Waals surface area contributed by atoms with Crippen LogP contribution in [-0.2, 0) is 0 Å². The number of piperidine rings is 1. The van der Waals surface area contributed by atoms with E-state index in [1.807, 2.05) is 24.6 Å². The molecule has 1 amide bonds. The van der Waals surface area contributed by atoms with E-state index in [-0.39, 0.29) is 11.9 Å². The highest BCUT2D eigenvalue weighted by Gasteiger charge is 2.27. The number of nitrogens with two attached hydrogens (primary N) is 1. The molecule has 20 heavy (non-hydrogen) atoms. The summed E-state index contributed by atoms with van der Waals surface area (Å²) >= 11 is 0. The minimum Gasteiger partial charge on any atom is -0.397 e. The number of hydrogen-bond donors (Lipinski definition) is 2. The highest BCUT2D eigenvalue weighted by Crippen LogP contribution is 2.21. The zero-order valence-electron chi connectivity index (χ0n) is 12.9. The monoisotopic (exact) mass is 278 g/mol. The number of hydrogen-bond acceptors (Lipinski definition) is 3. The normalized spacial score (nSPS) is 24.1. The van der Waals surface area contributed by atoms with Crippen LogP contribution in [0, 0.1) is 0 Å². The summed E-state index contributed by atoms with van der Waals surface area (Å²) in [6, 6.07) is 2.71. The second-order valence-electron chi connectivity index (χ2n) is 6.14. The van der Waals surface area contributed by atoms with Gasteiger partial charge in [0.15, 0.2) is 0 Å². The van der Waals surface area contributed by atoms with E-state index in [1.54, 1.807) is 6.07 Å². The van der Waals surface area contributed by atoms with Gasteiger partial charge < -0.3 is 10.3 Å². The van der Waals surface area contributed by atoms with Crippen LogP contribution in [0.15, 0.2) is 12.3 Å². The average molecular weight is 278 g/mol. The van der Waals surface area contributed by atoms with Crippen LogP contribution in [-0.4, -0.2) is 27.6 Å². The van der Waals surface area contributed by atoms with Gasteiger partial charge in [-0.1, -0.05) is 6.42 Å². The maximum atomic E-state index is 12.5. The second-order valence-corrected chi connectivity index (χ2v) is 6.14. The van der Waals surface area contributed by atoms with Crippen LogP contribution in [0.2, 0.25) is 0 Å². The molecule has 1 aromatic heterocycles. The molecule has 1 aliphatic heterocycles. The molecule has 5 heteroatoms. The van der Waals surface area contributed by atoms with Crippen LogP contribution in [0.1, 0.15) is 63.5 Å². The first-order valence-electron chi connectivity index (χ1n) is 7.46. The predicted molar refractivity (Wildman–Crippen MR) is 81.3 cm³/mol. The van der Waals surface area contributed by atoms with Crippen LogP contribution < -0.4 is 11.2 Å². The molecule has 2 rings (SSSR count).